The van der Waals surface area contributed by atoms with Crippen LogP contribution in [0.1, 0.15) is 5.69 Å². The Labute approximate surface area is 127 Å². The number of benzene rings is 1. The van der Waals surface area contributed by atoms with E-state index in [-0.39, 0.29) is 0 Å². The van der Waals surface area contributed by atoms with Crippen LogP contribution in [-0.2, 0) is 5.33 Å². The van der Waals surface area contributed by atoms with Crippen LogP contribution < -0.4 is 4.74 Å². The van der Waals surface area contributed by atoms with Crippen molar-refractivity contribution < 1.29 is 4.74 Å². The van der Waals surface area contributed by atoms with Crippen molar-refractivity contribution in [1.29, 1.82) is 0 Å². The molecule has 3 aromatic rings. The molecule has 0 aliphatic carbocycles. The Morgan fingerprint density at radius 2 is 2.16 bits per heavy atom. The molecule has 0 aliphatic heterocycles. The van der Waals surface area contributed by atoms with E-state index in [1.54, 1.807) is 23.1 Å². The predicted molar refractivity (Wildman–Crippen MR) is 84.0 cm³/mol. The van der Waals surface area contributed by atoms with Crippen molar-refractivity contribution in [3.05, 3.63) is 41.5 Å². The number of rotatable bonds is 4. The minimum Gasteiger partial charge on any atom is -0.437 e. The quantitative estimate of drug-likeness (QED) is 0.497. The summed E-state index contributed by atoms with van der Waals surface area (Å²) in [4.78, 5) is 6.68. The highest BCUT2D eigenvalue weighted by molar-refractivity contribution is 9.08. The molecular formula is C13H11BrN2OS2. The Bertz CT molecular complexity index is 690. The maximum absolute atomic E-state index is 5.88. The fourth-order valence-corrected chi connectivity index (χ4v) is 3.41. The molecule has 2 heterocycles. The summed E-state index contributed by atoms with van der Waals surface area (Å²) in [6, 6.07) is 8.03. The first-order valence-corrected chi connectivity index (χ1v) is 8.86. The van der Waals surface area contributed by atoms with Crippen LogP contribution in [0.25, 0.3) is 4.96 Å². The van der Waals surface area contributed by atoms with Crippen molar-refractivity contribution in [2.24, 2.45) is 0 Å². The van der Waals surface area contributed by atoms with Crippen LogP contribution in [0, 0.1) is 0 Å². The second-order valence-electron chi connectivity index (χ2n) is 3.83. The van der Waals surface area contributed by atoms with Crippen molar-refractivity contribution in [1.82, 2.24) is 9.38 Å². The van der Waals surface area contributed by atoms with Crippen molar-refractivity contribution in [2.45, 2.75) is 10.2 Å². The van der Waals surface area contributed by atoms with Crippen LogP contribution >= 0.6 is 39.0 Å². The molecule has 0 amide bonds. The van der Waals surface area contributed by atoms with Gasteiger partial charge in [0.15, 0.2) is 4.96 Å². The third kappa shape index (κ3) is 2.52. The summed E-state index contributed by atoms with van der Waals surface area (Å²) in [5, 5.41) is 2.73. The van der Waals surface area contributed by atoms with E-state index >= 15 is 0 Å². The minimum atomic E-state index is 0.667. The average molecular weight is 355 g/mol. The molecule has 0 atom stereocenters. The second kappa shape index (κ2) is 5.56. The van der Waals surface area contributed by atoms with E-state index in [1.165, 1.54) is 4.90 Å². The van der Waals surface area contributed by atoms with E-state index in [1.807, 2.05) is 40.2 Å². The third-order valence-electron chi connectivity index (χ3n) is 2.72. The number of thiazole rings is 1. The van der Waals surface area contributed by atoms with E-state index in [2.05, 4.69) is 27.2 Å². The summed E-state index contributed by atoms with van der Waals surface area (Å²) < 4.78 is 7.93. The van der Waals surface area contributed by atoms with Gasteiger partial charge in [0, 0.05) is 21.8 Å². The average Bonchev–Trinajstić information content (AvgIpc) is 3.00. The molecule has 6 heteroatoms. The zero-order valence-corrected chi connectivity index (χ0v) is 13.4. The Morgan fingerprint density at radius 1 is 1.37 bits per heavy atom. The van der Waals surface area contributed by atoms with Gasteiger partial charge in [-0.25, -0.2) is 0 Å². The molecule has 0 fully saturated rings. The Morgan fingerprint density at radius 3 is 2.84 bits per heavy atom. The van der Waals surface area contributed by atoms with Gasteiger partial charge >= 0.3 is 0 Å². The number of hydrogen-bond donors (Lipinski definition) is 0. The lowest BCUT2D eigenvalue weighted by molar-refractivity contribution is 0.461. The highest BCUT2D eigenvalue weighted by atomic mass is 79.9. The molecule has 19 heavy (non-hydrogen) atoms. The maximum Gasteiger partial charge on any atom is 0.243 e. The van der Waals surface area contributed by atoms with Crippen molar-refractivity contribution >= 4 is 44.0 Å². The SMILES string of the molecule is CSc1ccc(Oc2nc3sccn3c2CBr)cc1. The van der Waals surface area contributed by atoms with Crippen LogP contribution in [0.2, 0.25) is 0 Å². The lowest BCUT2D eigenvalue weighted by Gasteiger charge is -2.05. The molecule has 0 N–H and O–H groups in total. The highest BCUT2D eigenvalue weighted by Gasteiger charge is 2.13. The topological polar surface area (TPSA) is 26.5 Å². The van der Waals surface area contributed by atoms with Crippen LogP contribution in [-0.4, -0.2) is 15.6 Å². The van der Waals surface area contributed by atoms with Crippen LogP contribution in [0.5, 0.6) is 11.6 Å². The molecule has 3 nitrogen and oxygen atoms in total. The maximum atomic E-state index is 5.88. The Balaban J connectivity index is 1.93. The zero-order chi connectivity index (χ0) is 13.2. The smallest absolute Gasteiger partial charge is 0.243 e. The molecular weight excluding hydrogens is 344 g/mol. The van der Waals surface area contributed by atoms with Gasteiger partial charge in [-0.05, 0) is 30.5 Å². The van der Waals surface area contributed by atoms with E-state index < -0.39 is 0 Å². The largest absolute Gasteiger partial charge is 0.437 e. The third-order valence-corrected chi connectivity index (χ3v) is 4.76. The minimum absolute atomic E-state index is 0.667. The summed E-state index contributed by atoms with van der Waals surface area (Å²) in [5.74, 6) is 1.48. The number of hydrogen-bond acceptors (Lipinski definition) is 4. The van der Waals surface area contributed by atoms with Gasteiger partial charge in [-0.3, -0.25) is 4.40 Å². The molecule has 0 bridgehead atoms. The number of fused-ring (bicyclic) bond motifs is 1. The Hall–Kier alpha value is -0.980. The first-order chi connectivity index (χ1) is 9.31. The molecule has 3 rings (SSSR count). The molecule has 0 unspecified atom stereocenters. The zero-order valence-electron chi connectivity index (χ0n) is 10.2. The van der Waals surface area contributed by atoms with Crippen molar-refractivity contribution in [3.8, 4) is 11.6 Å². The van der Waals surface area contributed by atoms with Gasteiger partial charge in [-0.1, -0.05) is 15.9 Å². The molecule has 2 aromatic heterocycles. The first-order valence-electron chi connectivity index (χ1n) is 5.64. The van der Waals surface area contributed by atoms with Gasteiger partial charge in [0.2, 0.25) is 5.88 Å². The second-order valence-corrected chi connectivity index (χ2v) is 6.14. The molecule has 1 aromatic carbocycles. The van der Waals surface area contributed by atoms with E-state index in [0.717, 1.165) is 16.4 Å². The normalized spacial score (nSPS) is 11.1. The number of halogens is 1. The lowest BCUT2D eigenvalue weighted by Crippen LogP contribution is -1.90. The van der Waals surface area contributed by atoms with E-state index in [4.69, 9.17) is 4.74 Å². The Kier molecular flexibility index (Phi) is 3.81. The first kappa shape index (κ1) is 13.0. The predicted octanol–water partition coefficient (Wildman–Crippen LogP) is 4.80. The molecule has 0 saturated carbocycles. The summed E-state index contributed by atoms with van der Waals surface area (Å²) in [5.41, 5.74) is 1.03. The highest BCUT2D eigenvalue weighted by Crippen LogP contribution is 2.30. The van der Waals surface area contributed by atoms with E-state index in [9.17, 15) is 0 Å². The van der Waals surface area contributed by atoms with Gasteiger partial charge in [0.25, 0.3) is 0 Å². The molecule has 0 spiro atoms. The summed E-state index contributed by atoms with van der Waals surface area (Å²) >= 11 is 6.81. The number of thioether (sulfide) groups is 1. The number of aromatic nitrogens is 2. The van der Waals surface area contributed by atoms with Crippen molar-refractivity contribution in [2.75, 3.05) is 6.26 Å². The lowest BCUT2D eigenvalue weighted by atomic mass is 10.3. The molecule has 98 valence electrons. The van der Waals surface area contributed by atoms with Crippen LogP contribution in [0.3, 0.4) is 0 Å². The van der Waals surface area contributed by atoms with Gasteiger partial charge < -0.3 is 4.74 Å². The van der Waals surface area contributed by atoms with Crippen molar-refractivity contribution in [3.63, 3.8) is 0 Å². The summed E-state index contributed by atoms with van der Waals surface area (Å²) in [7, 11) is 0. The van der Waals surface area contributed by atoms with Gasteiger partial charge in [0.1, 0.15) is 5.75 Å². The number of imidazole rings is 1. The van der Waals surface area contributed by atoms with Crippen LogP contribution in [0.15, 0.2) is 40.7 Å². The molecule has 0 saturated heterocycles. The monoisotopic (exact) mass is 354 g/mol. The fraction of sp³-hybridized carbons (Fsp3) is 0.154. The van der Waals surface area contributed by atoms with Crippen LogP contribution in [0.4, 0.5) is 0 Å². The number of ether oxygens (including phenoxy) is 1. The summed E-state index contributed by atoms with van der Waals surface area (Å²) in [6.07, 6.45) is 4.07. The fourth-order valence-electron chi connectivity index (χ4n) is 1.77. The van der Waals surface area contributed by atoms with Gasteiger partial charge in [-0.15, -0.1) is 23.1 Å². The number of alkyl halides is 1. The van der Waals surface area contributed by atoms with E-state index in [0.29, 0.717) is 11.2 Å². The van der Waals surface area contributed by atoms with Gasteiger partial charge in [0.05, 0.1) is 5.69 Å². The molecule has 0 radical (unpaired) electrons. The summed E-state index contributed by atoms with van der Waals surface area (Å²) in [6.45, 7) is 0. The standard InChI is InChI=1S/C13H11BrN2OS2/c1-18-10-4-2-9(3-5-10)17-12-11(8-14)16-6-7-19-13(16)15-12/h2-7H,8H2,1H3. The number of nitrogens with zero attached hydrogens (tertiary/aromatic N) is 2. The van der Waals surface area contributed by atoms with Gasteiger partial charge in [-0.2, -0.15) is 4.98 Å². The molecule has 0 aliphatic rings.